The highest BCUT2D eigenvalue weighted by Gasteiger charge is 2.43. The number of nitro groups is 1. The second-order valence-corrected chi connectivity index (χ2v) is 12.0. The molecule has 1 N–H and O–H groups in total. The maximum absolute atomic E-state index is 14.0. The minimum absolute atomic E-state index is 0.138. The normalized spacial score (nSPS) is 20.2. The number of likely N-dealkylation sites (tertiary alicyclic amines) is 1. The Labute approximate surface area is 263 Å². The number of hydrogen-bond acceptors (Lipinski definition) is 8. The van der Waals surface area contributed by atoms with Gasteiger partial charge in [-0.15, -0.1) is 0 Å². The van der Waals surface area contributed by atoms with Crippen LogP contribution in [0.25, 0.3) is 0 Å². The van der Waals surface area contributed by atoms with E-state index in [1.165, 1.54) is 30.4 Å². The molecule has 1 saturated heterocycles. The van der Waals surface area contributed by atoms with Crippen molar-refractivity contribution in [1.29, 1.82) is 0 Å². The van der Waals surface area contributed by atoms with Crippen molar-refractivity contribution >= 4 is 17.6 Å². The molecule has 0 bridgehead atoms. The van der Waals surface area contributed by atoms with E-state index in [0.717, 1.165) is 19.5 Å². The number of rotatable bonds is 10. The highest BCUT2D eigenvalue weighted by molar-refractivity contribution is 6.00. The van der Waals surface area contributed by atoms with Crippen molar-refractivity contribution in [2.24, 2.45) is 0 Å². The molecule has 2 atom stereocenters. The molecule has 1 unspecified atom stereocenters. The third-order valence-corrected chi connectivity index (χ3v) is 8.79. The molecular formula is C36H39N3O6. The summed E-state index contributed by atoms with van der Waals surface area (Å²) in [5, 5.41) is 14.7. The first kappa shape index (κ1) is 31.7. The fraction of sp³-hybridized carbons (Fsp3) is 0.333. The third-order valence-electron chi connectivity index (χ3n) is 8.79. The molecule has 1 fully saturated rings. The van der Waals surface area contributed by atoms with Gasteiger partial charge in [-0.1, -0.05) is 72.8 Å². The number of nitrogens with zero attached hydrogens (tertiary/aromatic N) is 2. The van der Waals surface area contributed by atoms with Gasteiger partial charge in [-0.05, 0) is 50.4 Å². The number of non-ortho nitro benzene ring substituents is 1. The van der Waals surface area contributed by atoms with Crippen LogP contribution < -0.4 is 5.32 Å². The van der Waals surface area contributed by atoms with E-state index in [9.17, 15) is 19.7 Å². The number of methoxy groups -OCH3 is 1. The van der Waals surface area contributed by atoms with Gasteiger partial charge in [0.05, 0.1) is 29.1 Å². The quantitative estimate of drug-likeness (QED) is 0.164. The van der Waals surface area contributed by atoms with Gasteiger partial charge >= 0.3 is 11.9 Å². The molecule has 0 saturated carbocycles. The van der Waals surface area contributed by atoms with Crippen LogP contribution in [0.15, 0.2) is 107 Å². The average molecular weight is 610 g/mol. The summed E-state index contributed by atoms with van der Waals surface area (Å²) in [4.78, 5) is 40.5. The Kier molecular flexibility index (Phi) is 9.48. The van der Waals surface area contributed by atoms with Gasteiger partial charge in [0.15, 0.2) is 0 Å². The van der Waals surface area contributed by atoms with Crippen molar-refractivity contribution in [3.8, 4) is 0 Å². The number of hydrogen-bond donors (Lipinski definition) is 1. The fourth-order valence-electron chi connectivity index (χ4n) is 6.58. The second kappa shape index (κ2) is 13.5. The Balaban J connectivity index is 1.35. The first-order chi connectivity index (χ1) is 21.6. The maximum Gasteiger partial charge on any atom is 0.337 e. The first-order valence-corrected chi connectivity index (χ1v) is 15.2. The number of nitro benzene ring substituents is 1. The van der Waals surface area contributed by atoms with E-state index >= 15 is 0 Å². The minimum atomic E-state index is -0.898. The van der Waals surface area contributed by atoms with Crippen molar-refractivity contribution in [3.63, 3.8) is 0 Å². The highest BCUT2D eigenvalue weighted by atomic mass is 16.6. The van der Waals surface area contributed by atoms with Crippen LogP contribution in [0.1, 0.15) is 62.1 Å². The molecular weight excluding hydrogens is 570 g/mol. The van der Waals surface area contributed by atoms with Crippen LogP contribution in [-0.4, -0.2) is 54.1 Å². The summed E-state index contributed by atoms with van der Waals surface area (Å²) in [5.41, 5.74) is 3.54. The minimum Gasteiger partial charge on any atom is -0.466 e. The van der Waals surface area contributed by atoms with Gasteiger partial charge in [-0.25, -0.2) is 9.59 Å². The maximum atomic E-state index is 14.0. The third kappa shape index (κ3) is 6.99. The van der Waals surface area contributed by atoms with Crippen LogP contribution in [0, 0.1) is 10.1 Å². The number of carbonyl (C=O) groups excluding carboxylic acids is 2. The molecule has 0 spiro atoms. The SMILES string of the molecule is COC(=O)C1=C(C)NC(C)=C(C(=O)OC2(C)CCN(CCC(c3ccccc3)c3ccccc3)C2)[C@H]1c1cccc([N+](=O)[O-])c1. The zero-order valence-corrected chi connectivity index (χ0v) is 26.1. The molecule has 0 aliphatic carbocycles. The number of nitrogens with one attached hydrogen (secondary N) is 1. The van der Waals surface area contributed by atoms with E-state index < -0.39 is 28.4 Å². The van der Waals surface area contributed by atoms with Crippen LogP contribution in [0.2, 0.25) is 0 Å². The number of dihydropyridines is 1. The summed E-state index contributed by atoms with van der Waals surface area (Å²) in [7, 11) is 1.27. The Morgan fingerprint density at radius 2 is 1.56 bits per heavy atom. The molecule has 45 heavy (non-hydrogen) atoms. The fourth-order valence-corrected chi connectivity index (χ4v) is 6.58. The van der Waals surface area contributed by atoms with Gasteiger partial charge in [0.25, 0.3) is 5.69 Å². The molecule has 9 heteroatoms. The summed E-state index contributed by atoms with van der Waals surface area (Å²) in [6.07, 6.45) is 1.56. The van der Waals surface area contributed by atoms with E-state index in [1.54, 1.807) is 26.0 Å². The van der Waals surface area contributed by atoms with E-state index in [0.29, 0.717) is 29.9 Å². The smallest absolute Gasteiger partial charge is 0.337 e. The summed E-state index contributed by atoms with van der Waals surface area (Å²) in [6, 6.07) is 27.0. The van der Waals surface area contributed by atoms with E-state index in [2.05, 4.69) is 58.7 Å². The number of esters is 2. The van der Waals surface area contributed by atoms with Crippen LogP contribution in [0.3, 0.4) is 0 Å². The Morgan fingerprint density at radius 1 is 0.956 bits per heavy atom. The van der Waals surface area contributed by atoms with Gasteiger partial charge < -0.3 is 14.8 Å². The largest absolute Gasteiger partial charge is 0.466 e. The lowest BCUT2D eigenvalue weighted by Gasteiger charge is -2.33. The van der Waals surface area contributed by atoms with Crippen LogP contribution >= 0.6 is 0 Å². The lowest BCUT2D eigenvalue weighted by molar-refractivity contribution is -0.384. The Hall–Kier alpha value is -4.76. The molecule has 2 heterocycles. The van der Waals surface area contributed by atoms with E-state index in [-0.39, 0.29) is 22.8 Å². The topological polar surface area (TPSA) is 111 Å². The van der Waals surface area contributed by atoms with Crippen molar-refractivity contribution in [1.82, 2.24) is 10.2 Å². The summed E-state index contributed by atoms with van der Waals surface area (Å²) < 4.78 is 11.3. The number of allylic oxidation sites excluding steroid dienone is 2. The highest BCUT2D eigenvalue weighted by Crippen LogP contribution is 2.41. The zero-order chi connectivity index (χ0) is 32.1. The van der Waals surface area contributed by atoms with E-state index in [4.69, 9.17) is 9.47 Å². The second-order valence-electron chi connectivity index (χ2n) is 12.0. The monoisotopic (exact) mass is 609 g/mol. The van der Waals surface area contributed by atoms with Crippen molar-refractivity contribution in [3.05, 3.63) is 134 Å². The molecule has 3 aromatic carbocycles. The molecule has 0 amide bonds. The molecule has 2 aliphatic heterocycles. The standard InChI is InChI=1S/C36H39N3O6/c1-24-31(34(40)44-4)33(28-16-11-17-29(22-28)39(42)43)32(25(2)37-24)35(41)45-36(3)19-21-38(23-36)20-18-30(26-12-7-5-8-13-26)27-14-9-6-10-15-27/h5-17,22,30,33,37H,18-21,23H2,1-4H3/t33-,36?/m0/s1. The predicted molar refractivity (Wildman–Crippen MR) is 171 cm³/mol. The van der Waals surface area contributed by atoms with Crippen LogP contribution in [-0.2, 0) is 19.1 Å². The molecule has 2 aliphatic rings. The molecule has 3 aromatic rings. The van der Waals surface area contributed by atoms with Gasteiger partial charge in [-0.3, -0.25) is 15.0 Å². The van der Waals surface area contributed by atoms with Crippen molar-refractivity contribution in [2.75, 3.05) is 26.7 Å². The van der Waals surface area contributed by atoms with E-state index in [1.807, 2.05) is 19.1 Å². The summed E-state index contributed by atoms with van der Waals surface area (Å²) >= 11 is 0. The molecule has 234 valence electrons. The average Bonchev–Trinajstić information content (AvgIpc) is 3.41. The zero-order valence-electron chi connectivity index (χ0n) is 26.1. The number of ether oxygens (including phenoxy) is 2. The van der Waals surface area contributed by atoms with Crippen LogP contribution in [0.4, 0.5) is 5.69 Å². The molecule has 5 rings (SSSR count). The summed E-state index contributed by atoms with van der Waals surface area (Å²) in [5.74, 6) is -1.85. The first-order valence-electron chi connectivity index (χ1n) is 15.2. The number of carbonyl (C=O) groups is 2. The molecule has 0 radical (unpaired) electrons. The molecule has 0 aromatic heterocycles. The lowest BCUT2D eigenvalue weighted by atomic mass is 9.80. The van der Waals surface area contributed by atoms with Gasteiger partial charge in [0.1, 0.15) is 5.60 Å². The Morgan fingerprint density at radius 3 is 2.13 bits per heavy atom. The predicted octanol–water partition coefficient (Wildman–Crippen LogP) is 6.23. The van der Waals surface area contributed by atoms with Gasteiger partial charge in [0.2, 0.25) is 0 Å². The van der Waals surface area contributed by atoms with Crippen LogP contribution in [0.5, 0.6) is 0 Å². The number of benzene rings is 3. The van der Waals surface area contributed by atoms with Crippen molar-refractivity contribution < 1.29 is 24.0 Å². The summed E-state index contributed by atoms with van der Waals surface area (Å²) in [6.45, 7) is 7.57. The Bertz CT molecular complexity index is 1600. The van der Waals surface area contributed by atoms with Gasteiger partial charge in [0, 0.05) is 49.0 Å². The van der Waals surface area contributed by atoms with Crippen molar-refractivity contribution in [2.45, 2.75) is 51.0 Å². The van der Waals surface area contributed by atoms with Gasteiger partial charge in [-0.2, -0.15) is 0 Å². The molecule has 9 nitrogen and oxygen atoms in total. The lowest BCUT2D eigenvalue weighted by Crippen LogP contribution is -2.39.